The fourth-order valence-electron chi connectivity index (χ4n) is 2.18. The lowest BCUT2D eigenvalue weighted by Gasteiger charge is -2.12. The lowest BCUT2D eigenvalue weighted by atomic mass is 10.0. The van der Waals surface area contributed by atoms with Gasteiger partial charge in [-0.15, -0.1) is 11.3 Å². The number of nitrogens with zero attached hydrogens (tertiary/aromatic N) is 1. The van der Waals surface area contributed by atoms with Crippen molar-refractivity contribution in [2.45, 2.75) is 39.7 Å². The highest BCUT2D eigenvalue weighted by molar-refractivity contribution is 7.13. The zero-order valence-electron chi connectivity index (χ0n) is 14.4. The van der Waals surface area contributed by atoms with E-state index < -0.39 is 6.04 Å². The number of benzene rings is 1. The van der Waals surface area contributed by atoms with E-state index in [-0.39, 0.29) is 11.8 Å². The number of amides is 2. The highest BCUT2D eigenvalue weighted by Crippen LogP contribution is 2.25. The second-order valence-electron chi connectivity index (χ2n) is 5.90. The zero-order chi connectivity index (χ0) is 17.7. The predicted octanol–water partition coefficient (Wildman–Crippen LogP) is 3.19. The minimum absolute atomic E-state index is 0.203. The van der Waals surface area contributed by atoms with Crippen LogP contribution < -0.4 is 10.6 Å². The lowest BCUT2D eigenvalue weighted by molar-refractivity contribution is -0.122. The third kappa shape index (κ3) is 4.41. The summed E-state index contributed by atoms with van der Waals surface area (Å²) in [6.07, 6.45) is 0. The van der Waals surface area contributed by atoms with Gasteiger partial charge in [0.15, 0.2) is 0 Å². The summed E-state index contributed by atoms with van der Waals surface area (Å²) < 4.78 is 0. The van der Waals surface area contributed by atoms with E-state index in [2.05, 4.69) is 41.6 Å². The summed E-state index contributed by atoms with van der Waals surface area (Å²) >= 11 is 1.42. The van der Waals surface area contributed by atoms with Gasteiger partial charge in [-0.3, -0.25) is 9.59 Å². The zero-order valence-corrected chi connectivity index (χ0v) is 15.2. The third-order valence-corrected chi connectivity index (χ3v) is 4.54. The Hall–Kier alpha value is -2.21. The van der Waals surface area contributed by atoms with E-state index in [0.717, 1.165) is 10.6 Å². The molecule has 0 bridgehead atoms. The molecule has 0 saturated carbocycles. The van der Waals surface area contributed by atoms with Crippen molar-refractivity contribution in [1.29, 1.82) is 0 Å². The molecule has 2 amide bonds. The van der Waals surface area contributed by atoms with E-state index in [9.17, 15) is 9.59 Å². The second kappa shape index (κ2) is 8.06. The molecule has 1 unspecified atom stereocenters. The maximum atomic E-state index is 12.2. The molecule has 0 fully saturated rings. The number of thiazole rings is 1. The molecule has 24 heavy (non-hydrogen) atoms. The number of hydrogen-bond acceptors (Lipinski definition) is 4. The van der Waals surface area contributed by atoms with E-state index in [4.69, 9.17) is 0 Å². The Morgan fingerprint density at radius 2 is 1.83 bits per heavy atom. The number of likely N-dealkylation sites (N-methyl/N-ethyl adjacent to an activating group) is 1. The van der Waals surface area contributed by atoms with Gasteiger partial charge in [0.2, 0.25) is 5.91 Å². The van der Waals surface area contributed by atoms with Crippen molar-refractivity contribution in [2.75, 3.05) is 6.54 Å². The molecule has 1 aromatic carbocycles. The molecule has 0 saturated heterocycles. The van der Waals surface area contributed by atoms with Crippen molar-refractivity contribution >= 4 is 23.2 Å². The first-order chi connectivity index (χ1) is 11.4. The van der Waals surface area contributed by atoms with Gasteiger partial charge in [0.1, 0.15) is 16.7 Å². The highest BCUT2D eigenvalue weighted by Gasteiger charge is 2.18. The summed E-state index contributed by atoms with van der Waals surface area (Å²) in [4.78, 5) is 28.3. The van der Waals surface area contributed by atoms with Crippen molar-refractivity contribution in [1.82, 2.24) is 15.6 Å². The van der Waals surface area contributed by atoms with E-state index in [1.807, 2.05) is 19.1 Å². The minimum Gasteiger partial charge on any atom is -0.355 e. The summed E-state index contributed by atoms with van der Waals surface area (Å²) in [5.41, 5.74) is 2.59. The van der Waals surface area contributed by atoms with Crippen LogP contribution in [0.4, 0.5) is 0 Å². The first-order valence-electron chi connectivity index (χ1n) is 8.06. The minimum atomic E-state index is -0.590. The monoisotopic (exact) mass is 345 g/mol. The molecule has 6 heteroatoms. The summed E-state index contributed by atoms with van der Waals surface area (Å²) in [5, 5.41) is 7.85. The first-order valence-corrected chi connectivity index (χ1v) is 8.94. The molecule has 2 aromatic rings. The van der Waals surface area contributed by atoms with Crippen molar-refractivity contribution in [3.63, 3.8) is 0 Å². The van der Waals surface area contributed by atoms with Crippen LogP contribution in [0.5, 0.6) is 0 Å². The molecule has 128 valence electrons. The number of aromatic nitrogens is 1. The molecule has 0 radical (unpaired) electrons. The SMILES string of the molecule is CCNC(=O)C(C)NC(=O)c1csc(-c2ccc(C(C)C)cc2)n1. The summed E-state index contributed by atoms with van der Waals surface area (Å²) in [7, 11) is 0. The maximum Gasteiger partial charge on any atom is 0.271 e. The lowest BCUT2D eigenvalue weighted by Crippen LogP contribution is -2.44. The van der Waals surface area contributed by atoms with E-state index in [1.54, 1.807) is 12.3 Å². The number of rotatable bonds is 6. The van der Waals surface area contributed by atoms with Gasteiger partial charge in [0.05, 0.1) is 0 Å². The third-order valence-electron chi connectivity index (χ3n) is 3.65. The van der Waals surface area contributed by atoms with E-state index in [1.165, 1.54) is 16.9 Å². The van der Waals surface area contributed by atoms with Crippen LogP contribution in [0.25, 0.3) is 10.6 Å². The van der Waals surface area contributed by atoms with Crippen LogP contribution in [0, 0.1) is 0 Å². The maximum absolute atomic E-state index is 12.2. The average Bonchev–Trinajstić information content (AvgIpc) is 3.05. The van der Waals surface area contributed by atoms with Gasteiger partial charge >= 0.3 is 0 Å². The van der Waals surface area contributed by atoms with Crippen LogP contribution in [0.3, 0.4) is 0 Å². The standard InChI is InChI=1S/C18H23N3O2S/c1-5-19-16(22)12(4)20-17(23)15-10-24-18(21-15)14-8-6-13(7-9-14)11(2)3/h6-12H,5H2,1-4H3,(H,19,22)(H,20,23). The molecule has 0 aliphatic heterocycles. The Morgan fingerprint density at radius 3 is 2.42 bits per heavy atom. The number of carbonyl (C=O) groups excluding carboxylic acids is 2. The van der Waals surface area contributed by atoms with E-state index >= 15 is 0 Å². The van der Waals surface area contributed by atoms with Gasteiger partial charge in [-0.2, -0.15) is 0 Å². The topological polar surface area (TPSA) is 71.1 Å². The van der Waals surface area contributed by atoms with Gasteiger partial charge in [-0.05, 0) is 25.3 Å². The van der Waals surface area contributed by atoms with Crippen molar-refractivity contribution in [3.05, 3.63) is 40.9 Å². The first kappa shape index (κ1) is 18.1. The highest BCUT2D eigenvalue weighted by atomic mass is 32.1. The van der Waals surface area contributed by atoms with Crippen molar-refractivity contribution < 1.29 is 9.59 Å². The largest absolute Gasteiger partial charge is 0.355 e. The summed E-state index contributed by atoms with van der Waals surface area (Å²) in [6, 6.07) is 7.62. The molecule has 0 spiro atoms. The quantitative estimate of drug-likeness (QED) is 0.844. The van der Waals surface area contributed by atoms with Gasteiger partial charge in [-0.25, -0.2) is 4.98 Å². The van der Waals surface area contributed by atoms with Crippen LogP contribution in [-0.4, -0.2) is 29.4 Å². The molecule has 5 nitrogen and oxygen atoms in total. The number of hydrogen-bond donors (Lipinski definition) is 2. The van der Waals surface area contributed by atoms with Gasteiger partial charge in [-0.1, -0.05) is 38.1 Å². The molecule has 1 heterocycles. The second-order valence-corrected chi connectivity index (χ2v) is 6.76. The summed E-state index contributed by atoms with van der Waals surface area (Å²) in [5.74, 6) is -0.0620. The van der Waals surface area contributed by atoms with Gasteiger partial charge in [0.25, 0.3) is 5.91 Å². The van der Waals surface area contributed by atoms with Crippen LogP contribution in [-0.2, 0) is 4.79 Å². The summed E-state index contributed by atoms with van der Waals surface area (Å²) in [6.45, 7) is 8.32. The molecule has 2 N–H and O–H groups in total. The van der Waals surface area contributed by atoms with Crippen LogP contribution in [0.15, 0.2) is 29.6 Å². The Morgan fingerprint density at radius 1 is 1.17 bits per heavy atom. The Kier molecular flexibility index (Phi) is 6.09. The Labute approximate surface area is 146 Å². The Balaban J connectivity index is 2.07. The van der Waals surface area contributed by atoms with Gasteiger partial charge < -0.3 is 10.6 Å². The smallest absolute Gasteiger partial charge is 0.271 e. The van der Waals surface area contributed by atoms with Crippen molar-refractivity contribution in [3.8, 4) is 10.6 Å². The molecule has 2 rings (SSSR count). The van der Waals surface area contributed by atoms with E-state index in [0.29, 0.717) is 18.2 Å². The predicted molar refractivity (Wildman–Crippen MR) is 97.3 cm³/mol. The fraction of sp³-hybridized carbons (Fsp3) is 0.389. The van der Waals surface area contributed by atoms with Crippen molar-refractivity contribution in [2.24, 2.45) is 0 Å². The van der Waals surface area contributed by atoms with Gasteiger partial charge in [0, 0.05) is 17.5 Å². The molecule has 0 aliphatic carbocycles. The number of carbonyl (C=O) groups is 2. The average molecular weight is 345 g/mol. The molecular formula is C18H23N3O2S. The van der Waals surface area contributed by atoms with Crippen LogP contribution >= 0.6 is 11.3 Å². The molecular weight excluding hydrogens is 322 g/mol. The molecule has 0 aliphatic rings. The number of nitrogens with one attached hydrogen (secondary N) is 2. The fourth-order valence-corrected chi connectivity index (χ4v) is 2.99. The normalized spacial score (nSPS) is 12.0. The Bertz CT molecular complexity index is 707. The van der Waals surface area contributed by atoms with Crippen LogP contribution in [0.2, 0.25) is 0 Å². The van der Waals surface area contributed by atoms with Crippen LogP contribution in [0.1, 0.15) is 49.7 Å². The molecule has 1 atom stereocenters. The molecule has 1 aromatic heterocycles.